The molecule has 0 amide bonds. The summed E-state index contributed by atoms with van der Waals surface area (Å²) < 4.78 is 11.4. The van der Waals surface area contributed by atoms with E-state index < -0.39 is 0 Å². The fourth-order valence-corrected chi connectivity index (χ4v) is 2.30. The summed E-state index contributed by atoms with van der Waals surface area (Å²) in [6, 6.07) is 0. The first-order chi connectivity index (χ1) is 8.71. The number of allylic oxidation sites excluding steroid dienone is 1. The van der Waals surface area contributed by atoms with E-state index in [-0.39, 0.29) is 18.3 Å². The van der Waals surface area contributed by atoms with E-state index in [2.05, 4.69) is 34.5 Å². The fraction of sp³-hybridized carbons (Fsp3) is 0.600. The molecule has 0 radical (unpaired) electrons. The summed E-state index contributed by atoms with van der Waals surface area (Å²) in [6.07, 6.45) is 13.2. The molecule has 0 bridgehead atoms. The van der Waals surface area contributed by atoms with Crippen molar-refractivity contribution in [2.75, 3.05) is 12.4 Å². The molecule has 0 spiro atoms. The Labute approximate surface area is 119 Å². The minimum Gasteiger partial charge on any atom is -0.375 e. The van der Waals surface area contributed by atoms with E-state index in [0.717, 1.165) is 24.6 Å². The Bertz CT molecular complexity index is 330. The molecule has 1 aliphatic rings. The first kappa shape index (κ1) is 15.5. The summed E-state index contributed by atoms with van der Waals surface area (Å²) in [5, 5.41) is 0.867. The molecule has 3 heteroatoms. The van der Waals surface area contributed by atoms with Crippen molar-refractivity contribution in [2.24, 2.45) is 0 Å². The maximum atomic E-state index is 5.95. The van der Waals surface area contributed by atoms with Gasteiger partial charge in [0.05, 0.1) is 12.2 Å². The molecule has 18 heavy (non-hydrogen) atoms. The Balaban J connectivity index is 2.43. The van der Waals surface area contributed by atoms with Crippen LogP contribution in [0.15, 0.2) is 24.3 Å². The number of hydrogen-bond donors (Lipinski definition) is 0. The third kappa shape index (κ3) is 4.97. The summed E-state index contributed by atoms with van der Waals surface area (Å²) in [6.45, 7) is 3.98. The molecular formula is C15H21BrO2. The Morgan fingerprint density at radius 1 is 1.56 bits per heavy atom. The zero-order chi connectivity index (χ0) is 13.4. The minimum atomic E-state index is 0.0331. The van der Waals surface area contributed by atoms with Crippen molar-refractivity contribution in [3.63, 3.8) is 0 Å². The highest BCUT2D eigenvalue weighted by molar-refractivity contribution is 9.09. The van der Waals surface area contributed by atoms with Gasteiger partial charge in [-0.2, -0.15) is 0 Å². The SMILES string of the molecule is C#CC[C@@H]1C=C[C@H](OC)[C@@H](CCCC(=C)CBr)O1. The molecule has 2 nitrogen and oxygen atoms in total. The number of terminal acetylenes is 1. The van der Waals surface area contributed by atoms with Gasteiger partial charge in [-0.1, -0.05) is 40.2 Å². The van der Waals surface area contributed by atoms with Crippen LogP contribution in [0.3, 0.4) is 0 Å². The fourth-order valence-electron chi connectivity index (χ4n) is 2.02. The molecule has 0 aromatic rings. The molecule has 0 aromatic heterocycles. The van der Waals surface area contributed by atoms with Gasteiger partial charge in [0.2, 0.25) is 0 Å². The van der Waals surface area contributed by atoms with Gasteiger partial charge in [0.1, 0.15) is 6.10 Å². The van der Waals surface area contributed by atoms with E-state index in [1.165, 1.54) is 5.57 Å². The van der Waals surface area contributed by atoms with Crippen LogP contribution in [0.4, 0.5) is 0 Å². The summed E-state index contributed by atoms with van der Waals surface area (Å²) >= 11 is 3.41. The minimum absolute atomic E-state index is 0.0331. The normalized spacial score (nSPS) is 26.8. The molecule has 3 atom stereocenters. The number of methoxy groups -OCH3 is 1. The van der Waals surface area contributed by atoms with Crippen molar-refractivity contribution in [3.05, 3.63) is 24.3 Å². The molecule has 0 fully saturated rings. The molecule has 100 valence electrons. The van der Waals surface area contributed by atoms with Crippen LogP contribution in [0.25, 0.3) is 0 Å². The van der Waals surface area contributed by atoms with Crippen LogP contribution in [0, 0.1) is 12.3 Å². The maximum Gasteiger partial charge on any atom is 0.101 e. The summed E-state index contributed by atoms with van der Waals surface area (Å²) in [4.78, 5) is 0. The third-order valence-electron chi connectivity index (χ3n) is 3.03. The van der Waals surface area contributed by atoms with Crippen LogP contribution in [0.1, 0.15) is 25.7 Å². The van der Waals surface area contributed by atoms with Crippen LogP contribution in [-0.2, 0) is 9.47 Å². The van der Waals surface area contributed by atoms with Crippen LogP contribution < -0.4 is 0 Å². The van der Waals surface area contributed by atoms with Crippen molar-refractivity contribution in [2.45, 2.75) is 44.0 Å². The first-order valence-electron chi connectivity index (χ1n) is 6.24. The van der Waals surface area contributed by atoms with E-state index in [9.17, 15) is 0 Å². The van der Waals surface area contributed by atoms with E-state index in [4.69, 9.17) is 15.9 Å². The molecule has 0 saturated carbocycles. The summed E-state index contributed by atoms with van der Waals surface area (Å²) in [5.74, 6) is 2.64. The predicted octanol–water partition coefficient (Wildman–Crippen LogP) is 3.47. The summed E-state index contributed by atoms with van der Waals surface area (Å²) in [5.41, 5.74) is 1.22. The summed E-state index contributed by atoms with van der Waals surface area (Å²) in [7, 11) is 1.71. The smallest absolute Gasteiger partial charge is 0.101 e. The van der Waals surface area contributed by atoms with Crippen molar-refractivity contribution < 1.29 is 9.47 Å². The van der Waals surface area contributed by atoms with Crippen molar-refractivity contribution in [1.29, 1.82) is 0 Å². The molecule has 0 N–H and O–H groups in total. The zero-order valence-corrected chi connectivity index (χ0v) is 12.5. The van der Waals surface area contributed by atoms with Gasteiger partial charge in [0.25, 0.3) is 0 Å². The van der Waals surface area contributed by atoms with Gasteiger partial charge in [-0.05, 0) is 19.3 Å². The Hall–Kier alpha value is -0.560. The van der Waals surface area contributed by atoms with Gasteiger partial charge in [-0.25, -0.2) is 0 Å². The lowest BCUT2D eigenvalue weighted by Gasteiger charge is -2.31. The average molecular weight is 313 g/mol. The van der Waals surface area contributed by atoms with E-state index in [1.54, 1.807) is 7.11 Å². The number of halogens is 1. The Morgan fingerprint density at radius 3 is 2.94 bits per heavy atom. The molecule has 0 unspecified atom stereocenters. The molecule has 0 aliphatic carbocycles. The van der Waals surface area contributed by atoms with Gasteiger partial charge in [0, 0.05) is 18.9 Å². The average Bonchev–Trinajstić information content (AvgIpc) is 2.39. The molecule has 1 aliphatic heterocycles. The molecule has 0 saturated heterocycles. The van der Waals surface area contributed by atoms with E-state index in [0.29, 0.717) is 6.42 Å². The largest absolute Gasteiger partial charge is 0.375 e. The number of hydrogen-bond acceptors (Lipinski definition) is 2. The Morgan fingerprint density at radius 2 is 2.33 bits per heavy atom. The lowest BCUT2D eigenvalue weighted by Crippen LogP contribution is -2.36. The monoisotopic (exact) mass is 312 g/mol. The van der Waals surface area contributed by atoms with Crippen LogP contribution >= 0.6 is 15.9 Å². The predicted molar refractivity (Wildman–Crippen MR) is 78.8 cm³/mol. The molecule has 1 rings (SSSR count). The van der Waals surface area contributed by atoms with Crippen LogP contribution in [-0.4, -0.2) is 30.8 Å². The molecule has 1 heterocycles. The highest BCUT2D eigenvalue weighted by atomic mass is 79.9. The standard InChI is InChI=1S/C15H21BrO2/c1-4-6-13-9-10-14(17-3)15(18-13)8-5-7-12(2)11-16/h1,9-10,13-15H,2,5-8,11H2,3H3/t13-,14+,15-/m1/s1. The second-order valence-electron chi connectivity index (χ2n) is 4.48. The Kier molecular flexibility index (Phi) is 7.34. The maximum absolute atomic E-state index is 5.95. The van der Waals surface area contributed by atoms with E-state index >= 15 is 0 Å². The van der Waals surface area contributed by atoms with Crippen molar-refractivity contribution >= 4 is 15.9 Å². The zero-order valence-electron chi connectivity index (χ0n) is 10.9. The van der Waals surface area contributed by atoms with Gasteiger partial charge >= 0.3 is 0 Å². The lowest BCUT2D eigenvalue weighted by molar-refractivity contribution is -0.0720. The van der Waals surface area contributed by atoms with Crippen LogP contribution in [0.2, 0.25) is 0 Å². The quantitative estimate of drug-likeness (QED) is 0.407. The number of alkyl halides is 1. The van der Waals surface area contributed by atoms with Gasteiger partial charge < -0.3 is 9.47 Å². The van der Waals surface area contributed by atoms with Crippen molar-refractivity contribution in [1.82, 2.24) is 0 Å². The second-order valence-corrected chi connectivity index (χ2v) is 5.04. The van der Waals surface area contributed by atoms with Crippen molar-refractivity contribution in [3.8, 4) is 12.3 Å². The number of rotatable bonds is 7. The lowest BCUT2D eigenvalue weighted by atomic mass is 10.0. The third-order valence-corrected chi connectivity index (χ3v) is 3.82. The highest BCUT2D eigenvalue weighted by Gasteiger charge is 2.26. The van der Waals surface area contributed by atoms with E-state index in [1.807, 2.05) is 6.08 Å². The molecule has 0 aromatic carbocycles. The highest BCUT2D eigenvalue weighted by Crippen LogP contribution is 2.22. The second kappa shape index (κ2) is 8.53. The first-order valence-corrected chi connectivity index (χ1v) is 7.36. The van der Waals surface area contributed by atoms with Gasteiger partial charge in [-0.3, -0.25) is 0 Å². The van der Waals surface area contributed by atoms with Crippen LogP contribution in [0.5, 0.6) is 0 Å². The van der Waals surface area contributed by atoms with Gasteiger partial charge in [0.15, 0.2) is 0 Å². The van der Waals surface area contributed by atoms with Gasteiger partial charge in [-0.15, -0.1) is 12.3 Å². The molecular weight excluding hydrogens is 292 g/mol. The topological polar surface area (TPSA) is 18.5 Å². The number of ether oxygens (including phenoxy) is 2.